The highest BCUT2D eigenvalue weighted by Crippen LogP contribution is 2.23. The summed E-state index contributed by atoms with van der Waals surface area (Å²) in [5, 5.41) is 12.1. The number of aromatic nitrogens is 1. The summed E-state index contributed by atoms with van der Waals surface area (Å²) in [6, 6.07) is 1.98. The average molecular weight is 217 g/mol. The standard InChI is InChI=1S/C8H9F2N3S/c1-5-6(4-11)8(14-13-5)12-3-2-7(9)10/h7,12H,2-3H2,1H3. The van der Waals surface area contributed by atoms with Crippen LogP contribution in [0.15, 0.2) is 0 Å². The van der Waals surface area contributed by atoms with E-state index in [4.69, 9.17) is 5.26 Å². The van der Waals surface area contributed by atoms with Crippen LogP contribution in [0.2, 0.25) is 0 Å². The molecule has 0 aliphatic rings. The minimum atomic E-state index is -2.32. The number of anilines is 1. The van der Waals surface area contributed by atoms with E-state index < -0.39 is 6.43 Å². The second kappa shape index (κ2) is 4.86. The molecule has 0 unspecified atom stereocenters. The van der Waals surface area contributed by atoms with E-state index in [1.54, 1.807) is 6.92 Å². The van der Waals surface area contributed by atoms with Crippen LogP contribution in [0.3, 0.4) is 0 Å². The Labute approximate surface area is 84.5 Å². The van der Waals surface area contributed by atoms with E-state index in [9.17, 15) is 8.78 Å². The molecule has 1 aromatic rings. The number of rotatable bonds is 4. The van der Waals surface area contributed by atoms with Gasteiger partial charge in [-0.05, 0) is 18.5 Å². The van der Waals surface area contributed by atoms with Crippen LogP contribution in [-0.2, 0) is 0 Å². The lowest BCUT2D eigenvalue weighted by Gasteiger charge is -2.02. The molecule has 0 radical (unpaired) electrons. The van der Waals surface area contributed by atoms with Crippen molar-refractivity contribution in [3.05, 3.63) is 11.3 Å². The minimum absolute atomic E-state index is 0.161. The molecule has 1 aromatic heterocycles. The summed E-state index contributed by atoms with van der Waals surface area (Å²) in [7, 11) is 0. The molecule has 6 heteroatoms. The maximum atomic E-state index is 11.8. The van der Waals surface area contributed by atoms with Gasteiger partial charge in [0.25, 0.3) is 0 Å². The van der Waals surface area contributed by atoms with Gasteiger partial charge in [-0.3, -0.25) is 0 Å². The van der Waals surface area contributed by atoms with Crippen molar-refractivity contribution in [3.63, 3.8) is 0 Å². The third-order valence-electron chi connectivity index (χ3n) is 1.62. The zero-order chi connectivity index (χ0) is 10.6. The molecule has 0 amide bonds. The van der Waals surface area contributed by atoms with E-state index in [1.165, 1.54) is 0 Å². The van der Waals surface area contributed by atoms with E-state index in [2.05, 4.69) is 9.69 Å². The first-order chi connectivity index (χ1) is 6.65. The van der Waals surface area contributed by atoms with Crippen molar-refractivity contribution in [1.82, 2.24) is 4.37 Å². The molecule has 0 spiro atoms. The summed E-state index contributed by atoms with van der Waals surface area (Å²) < 4.78 is 27.6. The summed E-state index contributed by atoms with van der Waals surface area (Å²) in [4.78, 5) is 0. The monoisotopic (exact) mass is 217 g/mol. The van der Waals surface area contributed by atoms with Crippen LogP contribution in [0.25, 0.3) is 0 Å². The zero-order valence-electron chi connectivity index (χ0n) is 7.55. The van der Waals surface area contributed by atoms with E-state index in [-0.39, 0.29) is 13.0 Å². The van der Waals surface area contributed by atoms with Gasteiger partial charge in [0.2, 0.25) is 6.43 Å². The Morgan fingerprint density at radius 3 is 2.93 bits per heavy atom. The molecule has 0 aliphatic heterocycles. The van der Waals surface area contributed by atoms with E-state index in [0.717, 1.165) is 11.5 Å². The Morgan fingerprint density at radius 1 is 1.64 bits per heavy atom. The fraction of sp³-hybridized carbons (Fsp3) is 0.500. The normalized spacial score (nSPS) is 10.2. The van der Waals surface area contributed by atoms with Gasteiger partial charge in [0.1, 0.15) is 16.6 Å². The SMILES string of the molecule is Cc1nsc(NCCC(F)F)c1C#N. The van der Waals surface area contributed by atoms with Crippen LogP contribution >= 0.6 is 11.5 Å². The Morgan fingerprint density at radius 2 is 2.36 bits per heavy atom. The Balaban J connectivity index is 2.55. The maximum Gasteiger partial charge on any atom is 0.240 e. The quantitative estimate of drug-likeness (QED) is 0.842. The molecule has 0 saturated heterocycles. The molecule has 76 valence electrons. The lowest BCUT2D eigenvalue weighted by molar-refractivity contribution is 0.142. The number of halogens is 2. The number of nitriles is 1. The lowest BCUT2D eigenvalue weighted by Crippen LogP contribution is -2.05. The van der Waals surface area contributed by atoms with Crippen molar-refractivity contribution in [2.24, 2.45) is 0 Å². The van der Waals surface area contributed by atoms with Gasteiger partial charge in [-0.2, -0.15) is 9.64 Å². The van der Waals surface area contributed by atoms with Crippen molar-refractivity contribution >= 4 is 16.5 Å². The smallest absolute Gasteiger partial charge is 0.240 e. The first-order valence-corrected chi connectivity index (χ1v) is 4.81. The summed E-state index contributed by atoms with van der Waals surface area (Å²) in [5.74, 6) is 0. The molecule has 14 heavy (non-hydrogen) atoms. The molecule has 0 fully saturated rings. The molecule has 0 aromatic carbocycles. The Bertz CT molecular complexity index is 343. The molecule has 1 N–H and O–H groups in total. The first-order valence-electron chi connectivity index (χ1n) is 4.03. The third-order valence-corrected chi connectivity index (χ3v) is 2.52. The van der Waals surface area contributed by atoms with Gasteiger partial charge in [0.05, 0.1) is 5.69 Å². The topological polar surface area (TPSA) is 48.7 Å². The molecular weight excluding hydrogens is 208 g/mol. The molecule has 1 heterocycles. The number of hydrogen-bond acceptors (Lipinski definition) is 4. The van der Waals surface area contributed by atoms with Gasteiger partial charge in [0, 0.05) is 13.0 Å². The molecular formula is C8H9F2N3S. The minimum Gasteiger partial charge on any atom is -0.374 e. The highest BCUT2D eigenvalue weighted by molar-refractivity contribution is 7.10. The van der Waals surface area contributed by atoms with Gasteiger partial charge in [-0.15, -0.1) is 0 Å². The van der Waals surface area contributed by atoms with Crippen molar-refractivity contribution in [2.75, 3.05) is 11.9 Å². The molecule has 0 atom stereocenters. The van der Waals surface area contributed by atoms with E-state index in [0.29, 0.717) is 16.3 Å². The van der Waals surface area contributed by atoms with Crippen LogP contribution in [0.1, 0.15) is 17.7 Å². The Hall–Kier alpha value is -1.22. The van der Waals surface area contributed by atoms with Crippen LogP contribution < -0.4 is 5.32 Å². The lowest BCUT2D eigenvalue weighted by atomic mass is 10.3. The van der Waals surface area contributed by atoms with Crippen LogP contribution in [0, 0.1) is 18.3 Å². The number of alkyl halides is 2. The molecule has 1 rings (SSSR count). The van der Waals surface area contributed by atoms with Crippen LogP contribution in [0.4, 0.5) is 13.8 Å². The summed E-state index contributed by atoms with van der Waals surface area (Å²) in [6.07, 6.45) is -2.54. The summed E-state index contributed by atoms with van der Waals surface area (Å²) in [6.45, 7) is 1.88. The number of nitrogens with one attached hydrogen (secondary N) is 1. The van der Waals surface area contributed by atoms with Crippen molar-refractivity contribution in [3.8, 4) is 6.07 Å². The van der Waals surface area contributed by atoms with Gasteiger partial charge in [0.15, 0.2) is 0 Å². The van der Waals surface area contributed by atoms with Crippen molar-refractivity contribution in [1.29, 1.82) is 5.26 Å². The largest absolute Gasteiger partial charge is 0.374 e. The number of aryl methyl sites for hydroxylation is 1. The van der Waals surface area contributed by atoms with Crippen molar-refractivity contribution in [2.45, 2.75) is 19.8 Å². The molecule has 0 bridgehead atoms. The highest BCUT2D eigenvalue weighted by Gasteiger charge is 2.10. The molecule has 0 saturated carbocycles. The fourth-order valence-electron chi connectivity index (χ4n) is 0.917. The van der Waals surface area contributed by atoms with E-state index in [1.807, 2.05) is 6.07 Å². The number of hydrogen-bond donors (Lipinski definition) is 1. The van der Waals surface area contributed by atoms with Gasteiger partial charge in [-0.25, -0.2) is 8.78 Å². The fourth-order valence-corrected chi connectivity index (χ4v) is 1.69. The van der Waals surface area contributed by atoms with Crippen LogP contribution in [-0.4, -0.2) is 17.3 Å². The third kappa shape index (κ3) is 2.64. The highest BCUT2D eigenvalue weighted by atomic mass is 32.1. The zero-order valence-corrected chi connectivity index (χ0v) is 8.37. The average Bonchev–Trinajstić information content (AvgIpc) is 2.46. The number of nitrogens with zero attached hydrogens (tertiary/aromatic N) is 2. The van der Waals surface area contributed by atoms with E-state index >= 15 is 0 Å². The van der Waals surface area contributed by atoms with Gasteiger partial charge >= 0.3 is 0 Å². The summed E-state index contributed by atoms with van der Waals surface area (Å²) in [5.41, 5.74) is 1.08. The van der Waals surface area contributed by atoms with Crippen LogP contribution in [0.5, 0.6) is 0 Å². The second-order valence-electron chi connectivity index (χ2n) is 2.69. The van der Waals surface area contributed by atoms with Crippen molar-refractivity contribution < 1.29 is 8.78 Å². The second-order valence-corrected chi connectivity index (χ2v) is 3.46. The molecule has 0 aliphatic carbocycles. The summed E-state index contributed by atoms with van der Waals surface area (Å²) >= 11 is 1.12. The first kappa shape index (κ1) is 10.9. The maximum absolute atomic E-state index is 11.8. The predicted molar refractivity (Wildman–Crippen MR) is 50.7 cm³/mol. The van der Waals surface area contributed by atoms with Gasteiger partial charge < -0.3 is 5.32 Å². The van der Waals surface area contributed by atoms with Gasteiger partial charge in [-0.1, -0.05) is 0 Å². The molecule has 3 nitrogen and oxygen atoms in total. The predicted octanol–water partition coefficient (Wildman–Crippen LogP) is 2.39. The Kier molecular flexibility index (Phi) is 3.77.